The van der Waals surface area contributed by atoms with Gasteiger partial charge < -0.3 is 5.32 Å². The highest BCUT2D eigenvalue weighted by atomic mass is 15.1. The quantitative estimate of drug-likeness (QED) is 0.181. The Kier molecular flexibility index (Phi) is 7.61. The van der Waals surface area contributed by atoms with E-state index in [0.717, 1.165) is 30.7 Å². The molecule has 0 spiro atoms. The van der Waals surface area contributed by atoms with Crippen molar-refractivity contribution in [3.63, 3.8) is 0 Å². The summed E-state index contributed by atoms with van der Waals surface area (Å²) in [4.78, 5) is 5.66. The summed E-state index contributed by atoms with van der Waals surface area (Å²) in [6.07, 6.45) is 13.2. The van der Waals surface area contributed by atoms with Gasteiger partial charge in [0, 0.05) is 5.56 Å². The number of nitrogens with one attached hydrogen (secondary N) is 1. The molecule has 12 rings (SSSR count). The minimum Gasteiger partial charge on any atom is -0.363 e. The maximum atomic E-state index is 5.66. The van der Waals surface area contributed by atoms with Crippen LogP contribution in [0.4, 0.5) is 0 Å². The van der Waals surface area contributed by atoms with E-state index < -0.39 is 0 Å². The van der Waals surface area contributed by atoms with Crippen LogP contribution in [0.2, 0.25) is 0 Å². The van der Waals surface area contributed by atoms with E-state index in [1.54, 1.807) is 11.1 Å². The van der Waals surface area contributed by atoms with E-state index in [4.69, 9.17) is 4.99 Å². The van der Waals surface area contributed by atoms with Gasteiger partial charge in [-0.25, -0.2) is 0 Å². The van der Waals surface area contributed by atoms with Gasteiger partial charge in [0.1, 0.15) is 5.84 Å². The Morgan fingerprint density at radius 1 is 0.491 bits per heavy atom. The molecular formula is C55H44N2. The van der Waals surface area contributed by atoms with Crippen LogP contribution in [0.5, 0.6) is 0 Å². The van der Waals surface area contributed by atoms with Crippen molar-refractivity contribution >= 4 is 22.6 Å². The van der Waals surface area contributed by atoms with E-state index in [9.17, 15) is 0 Å². The minimum atomic E-state index is 0.0500. The van der Waals surface area contributed by atoms with Crippen LogP contribution in [-0.2, 0) is 0 Å². The standard InChI is InChI=1S/C55H44N2/c1-4-15-34(16-5-1)39-30-40(32-41(31-39)54-49-33-48(49)53(35-17-6-2-7-18-35)56-55(57-54)36-19-8-3-9-20-36)37-21-14-22-38(29-37)42-27-28-47-45-25-11-10-23-43(45)44-24-12-13-26-46(44)51-50(42)52(47)51/h1-11,13-23,25-32,48-54H,12,24,33H2,(H,56,57). The molecule has 7 atom stereocenters. The Hall–Kier alpha value is -6.25. The Balaban J connectivity index is 0.961. The predicted octanol–water partition coefficient (Wildman–Crippen LogP) is 12.9. The number of hydrogen-bond donors (Lipinski definition) is 1. The third-order valence-corrected chi connectivity index (χ3v) is 13.7. The molecule has 0 aromatic heterocycles. The second-order valence-electron chi connectivity index (χ2n) is 16.9. The molecule has 0 radical (unpaired) electrons. The van der Waals surface area contributed by atoms with Crippen molar-refractivity contribution in [2.75, 3.05) is 0 Å². The van der Waals surface area contributed by atoms with Gasteiger partial charge in [-0.2, -0.15) is 0 Å². The molecule has 274 valence electrons. The van der Waals surface area contributed by atoms with Crippen molar-refractivity contribution in [2.24, 2.45) is 34.6 Å². The smallest absolute Gasteiger partial charge is 0.129 e. The fraction of sp³-hybridized carbons (Fsp3) is 0.182. The van der Waals surface area contributed by atoms with Crippen LogP contribution >= 0.6 is 0 Å². The zero-order valence-electron chi connectivity index (χ0n) is 31.9. The number of fused-ring (bicyclic) bond motifs is 6. The number of nitrogens with zero attached hydrogens (tertiary/aromatic N) is 1. The van der Waals surface area contributed by atoms with Gasteiger partial charge in [-0.3, -0.25) is 4.99 Å². The number of hydrogen-bond acceptors (Lipinski definition) is 2. The first kappa shape index (κ1) is 32.9. The fourth-order valence-electron chi connectivity index (χ4n) is 11.0. The van der Waals surface area contributed by atoms with Crippen molar-refractivity contribution in [3.8, 4) is 22.3 Å². The first-order valence-corrected chi connectivity index (χ1v) is 20.9. The average Bonchev–Trinajstić information content (AvgIpc) is 4.22. The van der Waals surface area contributed by atoms with E-state index in [1.807, 2.05) is 0 Å². The molecule has 2 fully saturated rings. The monoisotopic (exact) mass is 732 g/mol. The summed E-state index contributed by atoms with van der Waals surface area (Å²) in [5, 5.41) is 3.96. The molecule has 7 unspecified atom stereocenters. The Bertz CT molecular complexity index is 2710. The molecule has 5 aliphatic carbocycles. The van der Waals surface area contributed by atoms with E-state index in [1.165, 1.54) is 61.2 Å². The highest BCUT2D eigenvalue weighted by Gasteiger charge is 2.58. The van der Waals surface area contributed by atoms with Gasteiger partial charge in [-0.1, -0.05) is 158 Å². The highest BCUT2D eigenvalue weighted by Crippen LogP contribution is 2.68. The van der Waals surface area contributed by atoms with Gasteiger partial charge in [0.25, 0.3) is 0 Å². The van der Waals surface area contributed by atoms with Crippen molar-refractivity contribution in [3.05, 3.63) is 221 Å². The lowest BCUT2D eigenvalue weighted by atomic mass is 9.83. The predicted molar refractivity (Wildman–Crippen MR) is 235 cm³/mol. The molecule has 0 saturated heterocycles. The molecule has 0 amide bonds. The summed E-state index contributed by atoms with van der Waals surface area (Å²) in [5.41, 5.74) is 19.2. The van der Waals surface area contributed by atoms with Crippen molar-refractivity contribution in [2.45, 2.75) is 31.3 Å². The van der Waals surface area contributed by atoms with Gasteiger partial charge in [0.05, 0.1) is 12.1 Å². The molecule has 2 saturated carbocycles. The average molecular weight is 733 g/mol. The molecule has 2 nitrogen and oxygen atoms in total. The summed E-state index contributed by atoms with van der Waals surface area (Å²) in [6, 6.07) is 58.7. The lowest BCUT2D eigenvalue weighted by Crippen LogP contribution is -2.30. The molecule has 1 heterocycles. The topological polar surface area (TPSA) is 24.4 Å². The van der Waals surface area contributed by atoms with Gasteiger partial charge >= 0.3 is 0 Å². The molecule has 6 aliphatic rings. The molecule has 6 aromatic rings. The third kappa shape index (κ3) is 5.57. The number of rotatable bonds is 6. The number of benzene rings is 6. The summed E-state index contributed by atoms with van der Waals surface area (Å²) >= 11 is 0. The molecule has 0 bridgehead atoms. The summed E-state index contributed by atoms with van der Waals surface area (Å²) in [5.74, 6) is 3.57. The Labute approximate surface area is 335 Å². The van der Waals surface area contributed by atoms with E-state index in [-0.39, 0.29) is 12.1 Å². The highest BCUT2D eigenvalue weighted by molar-refractivity contribution is 5.99. The van der Waals surface area contributed by atoms with Gasteiger partial charge in [-0.15, -0.1) is 0 Å². The van der Waals surface area contributed by atoms with Crippen LogP contribution in [0, 0.1) is 29.6 Å². The number of aliphatic imine (C=N–C) groups is 1. The molecule has 57 heavy (non-hydrogen) atoms. The number of allylic oxidation sites excluding steroid dienone is 8. The number of amidine groups is 1. The van der Waals surface area contributed by atoms with Gasteiger partial charge in [0.2, 0.25) is 0 Å². The first-order chi connectivity index (χ1) is 28.3. The molecule has 1 aliphatic heterocycles. The van der Waals surface area contributed by atoms with Crippen LogP contribution in [0.15, 0.2) is 193 Å². The lowest BCUT2D eigenvalue weighted by molar-refractivity contribution is 0.512. The van der Waals surface area contributed by atoms with E-state index in [0.29, 0.717) is 29.6 Å². The second kappa shape index (κ2) is 13.2. The lowest BCUT2D eigenvalue weighted by Gasteiger charge is -2.22. The van der Waals surface area contributed by atoms with Crippen LogP contribution in [0.25, 0.3) is 39.0 Å². The minimum absolute atomic E-state index is 0.0500. The summed E-state index contributed by atoms with van der Waals surface area (Å²) in [6.45, 7) is 0. The van der Waals surface area contributed by atoms with Crippen molar-refractivity contribution in [1.29, 1.82) is 0 Å². The zero-order valence-corrected chi connectivity index (χ0v) is 31.9. The fourth-order valence-corrected chi connectivity index (χ4v) is 11.0. The molecule has 6 aromatic carbocycles. The van der Waals surface area contributed by atoms with E-state index >= 15 is 0 Å². The van der Waals surface area contributed by atoms with Gasteiger partial charge in [-0.05, 0) is 145 Å². The van der Waals surface area contributed by atoms with E-state index in [2.05, 4.69) is 187 Å². The van der Waals surface area contributed by atoms with Gasteiger partial charge in [0.15, 0.2) is 0 Å². The van der Waals surface area contributed by atoms with Crippen LogP contribution in [0.3, 0.4) is 0 Å². The summed E-state index contributed by atoms with van der Waals surface area (Å²) in [7, 11) is 0. The van der Waals surface area contributed by atoms with Crippen LogP contribution in [-0.4, -0.2) is 5.84 Å². The molecule has 2 heteroatoms. The largest absolute Gasteiger partial charge is 0.363 e. The van der Waals surface area contributed by atoms with Crippen LogP contribution in [0.1, 0.15) is 64.7 Å². The molecular weight excluding hydrogens is 689 g/mol. The van der Waals surface area contributed by atoms with Crippen molar-refractivity contribution in [1.82, 2.24) is 5.32 Å². The maximum absolute atomic E-state index is 5.66. The maximum Gasteiger partial charge on any atom is 0.129 e. The Morgan fingerprint density at radius 3 is 1.93 bits per heavy atom. The zero-order chi connectivity index (χ0) is 37.5. The van der Waals surface area contributed by atoms with Crippen LogP contribution < -0.4 is 5.32 Å². The normalized spacial score (nSPS) is 26.2. The first-order valence-electron chi connectivity index (χ1n) is 20.9. The second-order valence-corrected chi connectivity index (χ2v) is 16.9. The molecule has 1 N–H and O–H groups in total. The van der Waals surface area contributed by atoms with Crippen molar-refractivity contribution < 1.29 is 0 Å². The third-order valence-electron chi connectivity index (χ3n) is 13.7. The SMILES string of the molecule is C1=CC2=C(CC1)c1ccccc1C1=CC=C(c3cccc(-c4cc(-c5ccccc5)cc(C5N=C(c6ccccc6)NC(c6ccccc6)C6CC56)c4)c3)C3C1C23. The summed E-state index contributed by atoms with van der Waals surface area (Å²) < 4.78 is 0. The Morgan fingerprint density at radius 2 is 1.12 bits per heavy atom.